The van der Waals surface area contributed by atoms with Crippen molar-refractivity contribution in [3.8, 4) is 5.75 Å². The summed E-state index contributed by atoms with van der Waals surface area (Å²) in [5.74, 6) is 1.55. The van der Waals surface area contributed by atoms with Gasteiger partial charge in [-0.3, -0.25) is 0 Å². The van der Waals surface area contributed by atoms with Gasteiger partial charge in [-0.05, 0) is 109 Å². The van der Waals surface area contributed by atoms with Crippen LogP contribution in [0.1, 0.15) is 70.9 Å². The Morgan fingerprint density at radius 2 is 1.54 bits per heavy atom. The number of methoxy groups -OCH3 is 1. The molecule has 48 heavy (non-hydrogen) atoms. The van der Waals surface area contributed by atoms with Crippen LogP contribution in [0.4, 0.5) is 16.3 Å². The van der Waals surface area contributed by atoms with Crippen molar-refractivity contribution in [1.29, 1.82) is 0 Å². The number of amides is 1. The van der Waals surface area contributed by atoms with Crippen LogP contribution in [0.15, 0.2) is 77.9 Å². The number of aliphatic hydroxyl groups excluding tert-OH is 1. The van der Waals surface area contributed by atoms with Gasteiger partial charge in [0.15, 0.2) is 5.82 Å². The number of benzene rings is 2. The Hall–Kier alpha value is -3.95. The van der Waals surface area contributed by atoms with Gasteiger partial charge in [-0.2, -0.15) is 0 Å². The number of hydrogen-bond donors (Lipinski definition) is 1. The number of aliphatic hydroxyl groups is 1. The Labute approximate surface area is 290 Å². The molecule has 2 aromatic carbocycles. The van der Waals surface area contributed by atoms with Crippen molar-refractivity contribution < 1.29 is 19.4 Å². The third kappa shape index (κ3) is 18.4. The van der Waals surface area contributed by atoms with Gasteiger partial charge in [0.25, 0.3) is 0 Å². The Morgan fingerprint density at radius 3 is 2.12 bits per heavy atom. The molecule has 0 spiro atoms. The van der Waals surface area contributed by atoms with Gasteiger partial charge in [0.05, 0.1) is 12.8 Å². The van der Waals surface area contributed by atoms with Crippen LogP contribution in [0.2, 0.25) is 0 Å². The lowest BCUT2D eigenvalue weighted by Crippen LogP contribution is -2.36. The smallest absolute Gasteiger partial charge is 0.410 e. The third-order valence-corrected chi connectivity index (χ3v) is 7.17. The minimum Gasteiger partial charge on any atom is -0.497 e. The van der Waals surface area contributed by atoms with Crippen LogP contribution >= 0.6 is 0 Å². The molecule has 0 atom stereocenters. The molecule has 0 saturated heterocycles. The standard InChI is InChI=1S/C30H47N5O3.C8H10.CH4O/c1-30(2,3)38-29(36)34(6)22-13-23-35(24-25-15-17-26(37-7)18-16-25)27-14-12-20-32-28(27)31-19-10-8-9-11-21-33(4)5;1-2-8-6-4-3-5-7-8;1-2/h12,14-20H,8-11,13,21-24H2,1-7H3;3-7H,2H2,1H3;2H,1H3. The van der Waals surface area contributed by atoms with Crippen molar-refractivity contribution in [2.75, 3.05) is 59.9 Å². The van der Waals surface area contributed by atoms with Gasteiger partial charge < -0.3 is 29.3 Å². The number of carbonyl (C=O) groups excluding carboxylic acids is 1. The summed E-state index contributed by atoms with van der Waals surface area (Å²) >= 11 is 0. The van der Waals surface area contributed by atoms with Gasteiger partial charge in [0, 0.05) is 46.2 Å². The Balaban J connectivity index is 0.000000989. The molecule has 0 aliphatic heterocycles. The number of ether oxygens (including phenoxy) is 2. The fourth-order valence-electron chi connectivity index (χ4n) is 4.61. The van der Waals surface area contributed by atoms with E-state index in [2.05, 4.69) is 78.3 Å². The minimum absolute atomic E-state index is 0.309. The third-order valence-electron chi connectivity index (χ3n) is 7.17. The Morgan fingerprint density at radius 1 is 0.854 bits per heavy atom. The maximum Gasteiger partial charge on any atom is 0.410 e. The molecule has 266 valence electrons. The maximum absolute atomic E-state index is 12.4. The molecule has 0 aliphatic carbocycles. The van der Waals surface area contributed by atoms with E-state index in [0.29, 0.717) is 13.1 Å². The Kier molecular flexibility index (Phi) is 21.2. The molecule has 0 radical (unpaired) electrons. The van der Waals surface area contributed by atoms with Crippen molar-refractivity contribution in [2.24, 2.45) is 4.99 Å². The van der Waals surface area contributed by atoms with Gasteiger partial charge in [0.2, 0.25) is 0 Å². The highest BCUT2D eigenvalue weighted by atomic mass is 16.6. The number of hydrogen-bond acceptors (Lipinski definition) is 8. The van der Waals surface area contributed by atoms with Crippen LogP contribution in [0.25, 0.3) is 0 Å². The van der Waals surface area contributed by atoms with E-state index in [1.165, 1.54) is 18.4 Å². The second kappa shape index (κ2) is 24.2. The first kappa shape index (κ1) is 42.1. The average molecular weight is 664 g/mol. The number of nitrogens with zero attached hydrogens (tertiary/aromatic N) is 5. The first-order chi connectivity index (χ1) is 23.0. The van der Waals surface area contributed by atoms with E-state index in [-0.39, 0.29) is 6.09 Å². The highest BCUT2D eigenvalue weighted by molar-refractivity contribution is 5.70. The van der Waals surface area contributed by atoms with E-state index >= 15 is 0 Å². The lowest BCUT2D eigenvalue weighted by Gasteiger charge is -2.28. The summed E-state index contributed by atoms with van der Waals surface area (Å²) in [5.41, 5.74) is 3.03. The van der Waals surface area contributed by atoms with Gasteiger partial charge in [0.1, 0.15) is 11.4 Å². The molecule has 0 saturated carbocycles. The second-order valence-corrected chi connectivity index (χ2v) is 12.7. The lowest BCUT2D eigenvalue weighted by atomic mass is 10.1. The lowest BCUT2D eigenvalue weighted by molar-refractivity contribution is 0.0298. The van der Waals surface area contributed by atoms with E-state index in [9.17, 15) is 4.79 Å². The predicted molar refractivity (Wildman–Crippen MR) is 201 cm³/mol. The van der Waals surface area contributed by atoms with Gasteiger partial charge >= 0.3 is 6.09 Å². The summed E-state index contributed by atoms with van der Waals surface area (Å²) in [6.45, 7) is 10.9. The molecule has 3 aromatic rings. The summed E-state index contributed by atoms with van der Waals surface area (Å²) in [4.78, 5) is 27.9. The van der Waals surface area contributed by atoms with Gasteiger partial charge in [-0.25, -0.2) is 14.8 Å². The molecule has 1 N–H and O–H groups in total. The van der Waals surface area contributed by atoms with Crippen LogP contribution in [0.5, 0.6) is 5.75 Å². The average Bonchev–Trinajstić information content (AvgIpc) is 3.08. The minimum atomic E-state index is -0.513. The maximum atomic E-state index is 12.4. The van der Waals surface area contributed by atoms with Crippen molar-refractivity contribution >= 4 is 23.8 Å². The van der Waals surface area contributed by atoms with E-state index < -0.39 is 5.60 Å². The zero-order chi connectivity index (χ0) is 35.8. The normalized spacial score (nSPS) is 10.9. The molecule has 0 aliphatic rings. The van der Waals surface area contributed by atoms with Crippen molar-refractivity contribution in [2.45, 2.75) is 78.4 Å². The van der Waals surface area contributed by atoms with Gasteiger partial charge in [-0.15, -0.1) is 0 Å². The van der Waals surface area contributed by atoms with Crippen LogP contribution in [-0.4, -0.2) is 92.8 Å². The zero-order valence-electron chi connectivity index (χ0n) is 31.0. The predicted octanol–water partition coefficient (Wildman–Crippen LogP) is 8.04. The molecule has 1 heterocycles. The molecule has 0 fully saturated rings. The number of aliphatic imine (C=N–C) groups is 1. The van der Waals surface area contributed by atoms with Gasteiger partial charge in [-0.1, -0.05) is 55.8 Å². The fourth-order valence-corrected chi connectivity index (χ4v) is 4.61. The zero-order valence-corrected chi connectivity index (χ0v) is 31.0. The molecule has 1 amide bonds. The highest BCUT2D eigenvalue weighted by Crippen LogP contribution is 2.28. The number of aromatic nitrogens is 1. The van der Waals surface area contributed by atoms with E-state index in [1.807, 2.05) is 51.3 Å². The first-order valence-corrected chi connectivity index (χ1v) is 16.9. The number of anilines is 1. The summed E-state index contributed by atoms with van der Waals surface area (Å²) in [6.07, 6.45) is 9.82. The fraction of sp³-hybridized carbons (Fsp3) is 0.513. The topological polar surface area (TPSA) is 90.7 Å². The second-order valence-electron chi connectivity index (χ2n) is 12.7. The molecule has 0 bridgehead atoms. The van der Waals surface area contributed by atoms with Crippen LogP contribution < -0.4 is 9.64 Å². The van der Waals surface area contributed by atoms with Crippen LogP contribution in [0, 0.1) is 0 Å². The van der Waals surface area contributed by atoms with E-state index in [0.717, 1.165) is 68.7 Å². The molecular weight excluding hydrogens is 602 g/mol. The SMILES string of the molecule is CCc1ccccc1.CO.COc1ccc(CN(CCCN(C)C(=O)OC(C)(C)C)c2cccnc2N=CCCCCCN(C)C)cc1. The van der Waals surface area contributed by atoms with Crippen molar-refractivity contribution in [3.05, 3.63) is 84.1 Å². The number of aryl methyl sites for hydroxylation is 1. The number of carbonyl (C=O) groups is 1. The number of pyridine rings is 1. The summed E-state index contributed by atoms with van der Waals surface area (Å²) in [5, 5.41) is 7.00. The van der Waals surface area contributed by atoms with Crippen molar-refractivity contribution in [1.82, 2.24) is 14.8 Å². The molecule has 9 heteroatoms. The molecule has 1 aromatic heterocycles. The number of rotatable bonds is 16. The summed E-state index contributed by atoms with van der Waals surface area (Å²) in [6, 6.07) is 22.6. The largest absolute Gasteiger partial charge is 0.497 e. The number of unbranched alkanes of at least 4 members (excludes halogenated alkanes) is 3. The molecule has 3 rings (SSSR count). The van der Waals surface area contributed by atoms with E-state index in [1.54, 1.807) is 25.3 Å². The van der Waals surface area contributed by atoms with E-state index in [4.69, 9.17) is 19.6 Å². The summed E-state index contributed by atoms with van der Waals surface area (Å²) < 4.78 is 10.8. The molecule has 0 unspecified atom stereocenters. The Bertz CT molecular complexity index is 1280. The summed E-state index contributed by atoms with van der Waals surface area (Å²) in [7, 11) is 8.67. The monoisotopic (exact) mass is 663 g/mol. The van der Waals surface area contributed by atoms with Crippen molar-refractivity contribution in [3.63, 3.8) is 0 Å². The highest BCUT2D eigenvalue weighted by Gasteiger charge is 2.20. The molecular formula is C39H61N5O4. The first-order valence-electron chi connectivity index (χ1n) is 16.9. The van der Waals surface area contributed by atoms with Crippen LogP contribution in [0.3, 0.4) is 0 Å². The molecule has 9 nitrogen and oxygen atoms in total. The quantitative estimate of drug-likeness (QED) is 0.123. The van der Waals surface area contributed by atoms with Crippen LogP contribution in [-0.2, 0) is 17.7 Å².